The first kappa shape index (κ1) is 9.81. The Labute approximate surface area is 88.9 Å². The minimum absolute atomic E-state index is 0.194. The number of hydrogen-bond donors (Lipinski definition) is 2. The zero-order valence-electron chi connectivity index (χ0n) is 8.18. The van der Waals surface area contributed by atoms with Gasteiger partial charge in [-0.2, -0.15) is 0 Å². The monoisotopic (exact) mass is 211 g/mol. The van der Waals surface area contributed by atoms with Crippen molar-refractivity contribution in [3.63, 3.8) is 0 Å². The molecule has 1 atom stereocenters. The van der Waals surface area contributed by atoms with E-state index in [0.29, 0.717) is 10.9 Å². The van der Waals surface area contributed by atoms with Gasteiger partial charge in [0.1, 0.15) is 5.75 Å². The summed E-state index contributed by atoms with van der Waals surface area (Å²) >= 11 is 5.89. The highest BCUT2D eigenvalue weighted by Gasteiger charge is 2.16. The molecule has 0 aromatic heterocycles. The van der Waals surface area contributed by atoms with Crippen molar-refractivity contribution in [3.05, 3.63) is 28.3 Å². The summed E-state index contributed by atoms with van der Waals surface area (Å²) in [6, 6.07) is 3.69. The van der Waals surface area contributed by atoms with E-state index in [9.17, 15) is 5.11 Å². The third-order valence-electron chi connectivity index (χ3n) is 2.76. The second-order valence-corrected chi connectivity index (χ2v) is 4.26. The molecule has 0 saturated heterocycles. The van der Waals surface area contributed by atoms with Crippen molar-refractivity contribution in [2.24, 2.45) is 0 Å². The van der Waals surface area contributed by atoms with Crippen LogP contribution in [0.5, 0.6) is 5.75 Å². The van der Waals surface area contributed by atoms with Crippen molar-refractivity contribution in [1.29, 1.82) is 0 Å². The number of rotatable bonds is 0. The average molecular weight is 212 g/mol. The molecule has 0 amide bonds. The summed E-state index contributed by atoms with van der Waals surface area (Å²) in [5.41, 5.74) is 2.47. The Hall–Kier alpha value is -0.730. The Morgan fingerprint density at radius 3 is 3.07 bits per heavy atom. The summed E-state index contributed by atoms with van der Waals surface area (Å²) in [5.74, 6) is 0.658. The molecule has 3 heteroatoms. The van der Waals surface area contributed by atoms with E-state index >= 15 is 0 Å². The normalized spacial score (nSPS) is 21.4. The van der Waals surface area contributed by atoms with Gasteiger partial charge in [0.25, 0.3) is 0 Å². The Morgan fingerprint density at radius 2 is 2.29 bits per heavy atom. The van der Waals surface area contributed by atoms with Gasteiger partial charge < -0.3 is 10.4 Å². The predicted molar refractivity (Wildman–Crippen MR) is 58.1 cm³/mol. The van der Waals surface area contributed by atoms with E-state index in [4.69, 9.17) is 11.6 Å². The third kappa shape index (κ3) is 1.72. The Kier molecular flexibility index (Phi) is 2.66. The van der Waals surface area contributed by atoms with Gasteiger partial charge in [0.05, 0.1) is 5.02 Å². The molecule has 1 heterocycles. The number of aromatic hydroxyl groups is 1. The first-order valence-corrected chi connectivity index (χ1v) is 5.28. The van der Waals surface area contributed by atoms with Crippen LogP contribution in [0.3, 0.4) is 0 Å². The number of hydrogen-bond acceptors (Lipinski definition) is 2. The summed E-state index contributed by atoms with van der Waals surface area (Å²) in [6.07, 6.45) is 0.963. The van der Waals surface area contributed by atoms with E-state index in [-0.39, 0.29) is 5.75 Å². The summed E-state index contributed by atoms with van der Waals surface area (Å²) in [7, 11) is 0. The summed E-state index contributed by atoms with van der Waals surface area (Å²) in [5, 5.41) is 13.3. The predicted octanol–water partition coefficient (Wildman–Crippen LogP) is 2.29. The zero-order valence-corrected chi connectivity index (χ0v) is 8.93. The minimum Gasteiger partial charge on any atom is -0.506 e. The zero-order chi connectivity index (χ0) is 10.1. The fraction of sp³-hybridized carbons (Fsp3) is 0.455. The molecule has 0 radical (unpaired) electrons. The van der Waals surface area contributed by atoms with Crippen LogP contribution >= 0.6 is 11.6 Å². The molecule has 14 heavy (non-hydrogen) atoms. The largest absolute Gasteiger partial charge is 0.506 e. The highest BCUT2D eigenvalue weighted by Crippen LogP contribution is 2.32. The quantitative estimate of drug-likeness (QED) is 0.690. The standard InChI is InChI=1S/C11H14ClNO/c1-7-6-13-3-2-8-4-11(14)10(12)5-9(7)8/h4-5,7,13-14H,2-3,6H2,1H3/t7-/m0/s1. The second kappa shape index (κ2) is 3.79. The number of halogens is 1. The molecule has 0 bridgehead atoms. The van der Waals surface area contributed by atoms with Crippen LogP contribution in [0.4, 0.5) is 0 Å². The lowest BCUT2D eigenvalue weighted by Gasteiger charge is -2.13. The molecule has 1 aliphatic rings. The van der Waals surface area contributed by atoms with Gasteiger partial charge in [0.15, 0.2) is 0 Å². The van der Waals surface area contributed by atoms with Crippen LogP contribution in [0, 0.1) is 0 Å². The van der Waals surface area contributed by atoms with E-state index in [1.54, 1.807) is 6.07 Å². The van der Waals surface area contributed by atoms with Gasteiger partial charge in [-0.1, -0.05) is 18.5 Å². The maximum absolute atomic E-state index is 9.50. The molecule has 2 N–H and O–H groups in total. The van der Waals surface area contributed by atoms with Gasteiger partial charge in [-0.05, 0) is 42.1 Å². The number of phenolic OH excluding ortho intramolecular Hbond substituents is 1. The topological polar surface area (TPSA) is 32.3 Å². The van der Waals surface area contributed by atoms with Crippen LogP contribution in [0.15, 0.2) is 12.1 Å². The molecule has 0 fully saturated rings. The molecule has 0 saturated carbocycles. The number of fused-ring (bicyclic) bond motifs is 1. The maximum atomic E-state index is 9.50. The first-order valence-electron chi connectivity index (χ1n) is 4.90. The maximum Gasteiger partial charge on any atom is 0.134 e. The van der Waals surface area contributed by atoms with Crippen LogP contribution in [0.1, 0.15) is 24.0 Å². The number of benzene rings is 1. The van der Waals surface area contributed by atoms with Gasteiger partial charge in [0, 0.05) is 6.54 Å². The molecular weight excluding hydrogens is 198 g/mol. The Bertz CT molecular complexity index is 351. The van der Waals surface area contributed by atoms with Gasteiger partial charge >= 0.3 is 0 Å². The second-order valence-electron chi connectivity index (χ2n) is 3.86. The van der Waals surface area contributed by atoms with Crippen molar-refractivity contribution in [2.45, 2.75) is 19.3 Å². The van der Waals surface area contributed by atoms with E-state index < -0.39 is 0 Å². The lowest BCUT2D eigenvalue weighted by Crippen LogP contribution is -2.18. The Balaban J connectivity index is 2.49. The van der Waals surface area contributed by atoms with Crippen LogP contribution in [-0.4, -0.2) is 18.2 Å². The lowest BCUT2D eigenvalue weighted by atomic mass is 9.95. The van der Waals surface area contributed by atoms with Gasteiger partial charge in [-0.3, -0.25) is 0 Å². The van der Waals surface area contributed by atoms with E-state index in [1.165, 1.54) is 11.1 Å². The molecule has 0 aliphatic carbocycles. The van der Waals surface area contributed by atoms with Crippen molar-refractivity contribution in [2.75, 3.05) is 13.1 Å². The third-order valence-corrected chi connectivity index (χ3v) is 3.06. The number of nitrogens with one attached hydrogen (secondary N) is 1. The summed E-state index contributed by atoms with van der Waals surface area (Å²) < 4.78 is 0. The van der Waals surface area contributed by atoms with Gasteiger partial charge in [0.2, 0.25) is 0 Å². The molecule has 0 spiro atoms. The summed E-state index contributed by atoms with van der Waals surface area (Å²) in [4.78, 5) is 0. The van der Waals surface area contributed by atoms with Crippen LogP contribution in [0.25, 0.3) is 0 Å². The lowest BCUT2D eigenvalue weighted by molar-refractivity contribution is 0.474. The SMILES string of the molecule is C[C@H]1CNCCc2cc(O)c(Cl)cc21. The Morgan fingerprint density at radius 1 is 1.50 bits per heavy atom. The van der Waals surface area contributed by atoms with Crippen molar-refractivity contribution < 1.29 is 5.11 Å². The molecule has 0 unspecified atom stereocenters. The van der Waals surface area contributed by atoms with Gasteiger partial charge in [-0.25, -0.2) is 0 Å². The smallest absolute Gasteiger partial charge is 0.134 e. The summed E-state index contributed by atoms with van der Waals surface area (Å²) in [6.45, 7) is 4.12. The van der Waals surface area contributed by atoms with E-state index in [2.05, 4.69) is 12.2 Å². The van der Waals surface area contributed by atoms with Crippen molar-refractivity contribution in [1.82, 2.24) is 5.32 Å². The fourth-order valence-electron chi connectivity index (χ4n) is 1.95. The van der Waals surface area contributed by atoms with Crippen molar-refractivity contribution >= 4 is 11.6 Å². The molecule has 2 nitrogen and oxygen atoms in total. The van der Waals surface area contributed by atoms with E-state index in [1.807, 2.05) is 6.07 Å². The van der Waals surface area contributed by atoms with Crippen LogP contribution in [-0.2, 0) is 6.42 Å². The highest BCUT2D eigenvalue weighted by molar-refractivity contribution is 6.32. The first-order chi connectivity index (χ1) is 6.68. The van der Waals surface area contributed by atoms with E-state index in [0.717, 1.165) is 19.5 Å². The van der Waals surface area contributed by atoms with Crippen molar-refractivity contribution in [3.8, 4) is 5.75 Å². The molecule has 76 valence electrons. The molecule has 1 aliphatic heterocycles. The van der Waals surface area contributed by atoms with Crippen LogP contribution < -0.4 is 5.32 Å². The van der Waals surface area contributed by atoms with Gasteiger partial charge in [-0.15, -0.1) is 0 Å². The molecule has 2 rings (SSSR count). The molecular formula is C11H14ClNO. The molecule has 1 aromatic carbocycles. The van der Waals surface area contributed by atoms with Crippen LogP contribution in [0.2, 0.25) is 5.02 Å². The number of phenols is 1. The fourth-order valence-corrected chi connectivity index (χ4v) is 2.12. The minimum atomic E-state index is 0.194. The average Bonchev–Trinajstić information content (AvgIpc) is 2.31. The highest BCUT2D eigenvalue weighted by atomic mass is 35.5. The molecule has 1 aromatic rings.